The first kappa shape index (κ1) is 19.6. The molecule has 0 spiro atoms. The Hall–Kier alpha value is -3.14. The molecule has 146 valence electrons. The van der Waals surface area contributed by atoms with Crippen molar-refractivity contribution in [3.63, 3.8) is 0 Å². The minimum atomic E-state index is -3.89. The zero-order chi connectivity index (χ0) is 20.1. The molecule has 0 fully saturated rings. The predicted molar refractivity (Wildman–Crippen MR) is 94.0 cm³/mol. The highest BCUT2D eigenvalue weighted by atomic mass is 32.2. The molecule has 1 heterocycles. The molecule has 28 heavy (non-hydrogen) atoms. The Bertz CT molecular complexity index is 1080. The van der Waals surface area contributed by atoms with Crippen LogP contribution >= 0.6 is 0 Å². The van der Waals surface area contributed by atoms with E-state index in [2.05, 4.69) is 15.5 Å². The van der Waals surface area contributed by atoms with Crippen molar-refractivity contribution >= 4 is 15.7 Å². The number of nitrogens with zero attached hydrogens (tertiary/aromatic N) is 2. The Labute approximate surface area is 159 Å². The Morgan fingerprint density at radius 1 is 1.04 bits per heavy atom. The van der Waals surface area contributed by atoms with Gasteiger partial charge in [-0.1, -0.05) is 23.3 Å². The molecule has 0 aliphatic heterocycles. The minimum absolute atomic E-state index is 0.0252. The molecule has 2 aromatic carbocycles. The van der Waals surface area contributed by atoms with E-state index in [1.165, 1.54) is 30.3 Å². The van der Waals surface area contributed by atoms with Gasteiger partial charge in [0.1, 0.15) is 11.6 Å². The molecule has 0 aliphatic carbocycles. The van der Waals surface area contributed by atoms with E-state index in [4.69, 9.17) is 4.42 Å². The molecule has 0 atom stereocenters. The van der Waals surface area contributed by atoms with E-state index in [9.17, 15) is 22.0 Å². The summed E-state index contributed by atoms with van der Waals surface area (Å²) >= 11 is 0. The molecule has 3 rings (SSSR count). The summed E-state index contributed by atoms with van der Waals surface area (Å²) in [5.41, 5.74) is 0.539. The fourth-order valence-electron chi connectivity index (χ4n) is 2.34. The Morgan fingerprint density at radius 2 is 1.79 bits per heavy atom. The van der Waals surface area contributed by atoms with Gasteiger partial charge in [-0.05, 0) is 35.9 Å². The number of rotatable bonds is 7. The number of aromatic nitrogens is 2. The third kappa shape index (κ3) is 4.97. The summed E-state index contributed by atoms with van der Waals surface area (Å²) in [5, 5.41) is 9.18. The smallest absolute Gasteiger partial charge is 0.335 e. The van der Waals surface area contributed by atoms with Crippen LogP contribution in [0.15, 0.2) is 58.2 Å². The van der Waals surface area contributed by atoms with Crippen LogP contribution in [-0.4, -0.2) is 31.1 Å². The van der Waals surface area contributed by atoms with E-state index in [-0.39, 0.29) is 24.4 Å². The topological polar surface area (TPSA) is 102 Å². The van der Waals surface area contributed by atoms with Crippen molar-refractivity contribution in [1.29, 1.82) is 0 Å². The van der Waals surface area contributed by atoms with Gasteiger partial charge in [0.2, 0.25) is 15.7 Å². The second kappa shape index (κ2) is 8.26. The third-order valence-corrected chi connectivity index (χ3v) is 5.11. The lowest BCUT2D eigenvalue weighted by Crippen LogP contribution is -2.25. The van der Waals surface area contributed by atoms with E-state index >= 15 is 0 Å². The van der Waals surface area contributed by atoms with Gasteiger partial charge in [-0.2, -0.15) is 0 Å². The summed E-state index contributed by atoms with van der Waals surface area (Å²) in [5.74, 6) is -1.87. The molecule has 1 N–H and O–H groups in total. The Kier molecular flexibility index (Phi) is 5.78. The zero-order valence-electron chi connectivity index (χ0n) is 14.4. The number of halogens is 2. The molecule has 0 saturated carbocycles. The number of hydrogen-bond acceptors (Lipinski definition) is 6. The van der Waals surface area contributed by atoms with Crippen LogP contribution in [0.4, 0.5) is 8.78 Å². The van der Waals surface area contributed by atoms with Gasteiger partial charge < -0.3 is 9.73 Å². The molecule has 0 bridgehead atoms. The third-order valence-electron chi connectivity index (χ3n) is 3.70. The maximum Gasteiger partial charge on any atom is 0.335 e. The van der Waals surface area contributed by atoms with Crippen LogP contribution in [0.2, 0.25) is 0 Å². The molecule has 10 heteroatoms. The number of carbonyl (C=O) groups is 1. The fraction of sp³-hybridized carbons (Fsp3) is 0.167. The molecule has 0 saturated heterocycles. The monoisotopic (exact) mass is 407 g/mol. The van der Waals surface area contributed by atoms with Crippen molar-refractivity contribution in [2.45, 2.75) is 17.4 Å². The predicted octanol–water partition coefficient (Wildman–Crippen LogP) is 2.29. The fourth-order valence-corrected chi connectivity index (χ4v) is 3.48. The highest BCUT2D eigenvalue weighted by Gasteiger charge is 2.23. The zero-order valence-corrected chi connectivity index (χ0v) is 15.2. The maximum absolute atomic E-state index is 13.1. The van der Waals surface area contributed by atoms with Gasteiger partial charge in [-0.15, -0.1) is 5.10 Å². The lowest BCUT2D eigenvalue weighted by molar-refractivity contribution is 0.0953. The first-order valence-corrected chi connectivity index (χ1v) is 9.82. The van der Waals surface area contributed by atoms with Crippen LogP contribution in [0, 0.1) is 11.6 Å². The van der Waals surface area contributed by atoms with Crippen molar-refractivity contribution in [2.24, 2.45) is 0 Å². The molecule has 1 aromatic heterocycles. The number of hydrogen-bond donors (Lipinski definition) is 1. The SMILES string of the molecule is O=C(NCCc1nnc(S(=O)(=O)Cc2ccc(F)cc2)o1)c1cccc(F)c1. The van der Waals surface area contributed by atoms with Crippen molar-refractivity contribution in [3.8, 4) is 0 Å². The number of sulfone groups is 1. The normalized spacial score (nSPS) is 11.4. The molecule has 0 radical (unpaired) electrons. The highest BCUT2D eigenvalue weighted by Crippen LogP contribution is 2.16. The average molecular weight is 407 g/mol. The second-order valence-electron chi connectivity index (χ2n) is 5.86. The van der Waals surface area contributed by atoms with Gasteiger partial charge in [0.05, 0.1) is 5.75 Å². The van der Waals surface area contributed by atoms with Gasteiger partial charge in [0.25, 0.3) is 5.91 Å². The van der Waals surface area contributed by atoms with E-state index in [1.807, 2.05) is 0 Å². The Balaban J connectivity index is 1.57. The number of nitrogens with one attached hydrogen (secondary N) is 1. The summed E-state index contributed by atoms with van der Waals surface area (Å²) in [7, 11) is -3.89. The largest absolute Gasteiger partial charge is 0.412 e. The quantitative estimate of drug-likeness (QED) is 0.645. The van der Waals surface area contributed by atoms with E-state index in [0.29, 0.717) is 5.56 Å². The van der Waals surface area contributed by atoms with Crippen molar-refractivity contribution in [2.75, 3.05) is 6.54 Å². The van der Waals surface area contributed by atoms with Gasteiger partial charge in [-0.25, -0.2) is 17.2 Å². The summed E-state index contributed by atoms with van der Waals surface area (Å²) in [6, 6.07) is 10.2. The minimum Gasteiger partial charge on any atom is -0.412 e. The molecular formula is C18H15F2N3O4S. The van der Waals surface area contributed by atoms with Gasteiger partial charge in [0, 0.05) is 18.5 Å². The van der Waals surface area contributed by atoms with E-state index in [1.54, 1.807) is 0 Å². The van der Waals surface area contributed by atoms with E-state index in [0.717, 1.165) is 18.2 Å². The highest BCUT2D eigenvalue weighted by molar-refractivity contribution is 7.90. The van der Waals surface area contributed by atoms with Crippen LogP contribution < -0.4 is 5.32 Å². The Morgan fingerprint density at radius 3 is 2.50 bits per heavy atom. The molecule has 7 nitrogen and oxygen atoms in total. The first-order chi connectivity index (χ1) is 13.3. The molecule has 1 amide bonds. The molecular weight excluding hydrogens is 392 g/mol. The lowest BCUT2D eigenvalue weighted by atomic mass is 10.2. The number of carbonyl (C=O) groups excluding carboxylic acids is 1. The second-order valence-corrected chi connectivity index (χ2v) is 7.73. The molecule has 0 aliphatic rings. The summed E-state index contributed by atoms with van der Waals surface area (Å²) in [6.45, 7) is 0.0923. The average Bonchev–Trinajstić information content (AvgIpc) is 3.13. The summed E-state index contributed by atoms with van der Waals surface area (Å²) in [6.07, 6.45) is 0.0973. The molecule has 0 unspecified atom stereocenters. The van der Waals surface area contributed by atoms with Crippen LogP contribution in [0.1, 0.15) is 21.8 Å². The van der Waals surface area contributed by atoms with Crippen molar-refractivity contribution in [3.05, 3.63) is 77.2 Å². The summed E-state index contributed by atoms with van der Waals surface area (Å²) in [4.78, 5) is 11.9. The van der Waals surface area contributed by atoms with E-state index < -0.39 is 38.4 Å². The van der Waals surface area contributed by atoms with Gasteiger partial charge >= 0.3 is 5.22 Å². The van der Waals surface area contributed by atoms with Crippen molar-refractivity contribution < 1.29 is 26.4 Å². The van der Waals surface area contributed by atoms with Crippen LogP contribution in [0.25, 0.3) is 0 Å². The van der Waals surface area contributed by atoms with Crippen LogP contribution in [0.5, 0.6) is 0 Å². The summed E-state index contributed by atoms with van der Waals surface area (Å²) < 4.78 is 55.8. The lowest BCUT2D eigenvalue weighted by Gasteiger charge is -2.03. The molecule has 3 aromatic rings. The standard InChI is InChI=1S/C18H15F2N3O4S/c19-14-6-4-12(5-7-14)11-28(25,26)18-23-22-16(27-18)8-9-21-17(24)13-2-1-3-15(20)10-13/h1-7,10H,8-9,11H2,(H,21,24). The van der Waals surface area contributed by atoms with Crippen molar-refractivity contribution in [1.82, 2.24) is 15.5 Å². The number of benzene rings is 2. The first-order valence-electron chi connectivity index (χ1n) is 8.17. The van der Waals surface area contributed by atoms with Crippen LogP contribution in [0.3, 0.4) is 0 Å². The van der Waals surface area contributed by atoms with Gasteiger partial charge in [-0.3, -0.25) is 4.79 Å². The number of amides is 1. The van der Waals surface area contributed by atoms with Crippen LogP contribution in [-0.2, 0) is 22.0 Å². The maximum atomic E-state index is 13.1. The van der Waals surface area contributed by atoms with Gasteiger partial charge in [0.15, 0.2) is 0 Å².